The molecule has 0 saturated carbocycles. The summed E-state index contributed by atoms with van der Waals surface area (Å²) in [4.78, 5) is 2.53. The molecule has 0 amide bonds. The van der Waals surface area contributed by atoms with Crippen LogP contribution < -0.4 is 4.90 Å². The highest BCUT2D eigenvalue weighted by atomic mass is 15.1. The molecule has 0 aliphatic heterocycles. The number of hydrogen-bond acceptors (Lipinski definition) is 1. The van der Waals surface area contributed by atoms with E-state index in [4.69, 9.17) is 0 Å². The van der Waals surface area contributed by atoms with E-state index >= 15 is 0 Å². The second kappa shape index (κ2) is 16.0. The van der Waals surface area contributed by atoms with Crippen LogP contribution in [-0.2, 0) is 27.1 Å². The van der Waals surface area contributed by atoms with E-state index in [1.807, 2.05) is 0 Å². The maximum atomic E-state index is 2.55. The smallest absolute Gasteiger partial charge is 0.0726 e. The van der Waals surface area contributed by atoms with E-state index in [9.17, 15) is 0 Å². The van der Waals surface area contributed by atoms with Crippen molar-refractivity contribution < 1.29 is 0 Å². The molecule has 0 unspecified atom stereocenters. The SMILES string of the molecule is CC(C)(C)c1ccc2c(c1)-c1cc(C(C)(C)C)ccc1C21c2ccccc2-c2ccc(N(c3ccc(-c4ccccc4-c4cccc5c4C(C)(C)c4ccccc4-5)cc3)c3ccc4c(c3)C(C)(C)c3ccccc3-4)cc21. The topological polar surface area (TPSA) is 3.24 Å². The van der Waals surface area contributed by atoms with Gasteiger partial charge >= 0.3 is 0 Å². The van der Waals surface area contributed by atoms with Gasteiger partial charge in [0.2, 0.25) is 0 Å². The Morgan fingerprint density at radius 3 is 1.24 bits per heavy atom. The third-order valence-corrected chi connectivity index (χ3v) is 18.2. The Morgan fingerprint density at radius 2 is 0.671 bits per heavy atom. The van der Waals surface area contributed by atoms with E-state index in [2.05, 4.69) is 286 Å². The molecule has 1 heteroatoms. The van der Waals surface area contributed by atoms with Gasteiger partial charge in [-0.3, -0.25) is 0 Å². The number of anilines is 3. The molecule has 0 bridgehead atoms. The average Bonchev–Trinajstić information content (AvgIpc) is 4.17. The molecule has 4 aliphatic rings. The molecule has 14 rings (SSSR count). The van der Waals surface area contributed by atoms with E-state index < -0.39 is 5.41 Å². The van der Waals surface area contributed by atoms with Crippen molar-refractivity contribution in [2.45, 2.75) is 96.3 Å². The van der Waals surface area contributed by atoms with Gasteiger partial charge in [-0.1, -0.05) is 245 Å². The van der Waals surface area contributed by atoms with Gasteiger partial charge in [0.15, 0.2) is 0 Å². The summed E-state index contributed by atoms with van der Waals surface area (Å²) in [6.45, 7) is 23.6. The summed E-state index contributed by atoms with van der Waals surface area (Å²) in [5.41, 5.74) is 31.9. The zero-order valence-corrected chi connectivity index (χ0v) is 45.7. The molecule has 0 fully saturated rings. The van der Waals surface area contributed by atoms with E-state index in [0.717, 1.165) is 17.1 Å². The van der Waals surface area contributed by atoms with Gasteiger partial charge in [-0.25, -0.2) is 0 Å². The lowest BCUT2D eigenvalue weighted by Crippen LogP contribution is -2.26. The van der Waals surface area contributed by atoms with Crippen molar-refractivity contribution in [1.82, 2.24) is 0 Å². The van der Waals surface area contributed by atoms with Gasteiger partial charge in [-0.05, 0) is 170 Å². The van der Waals surface area contributed by atoms with Crippen molar-refractivity contribution in [3.8, 4) is 66.8 Å². The zero-order chi connectivity index (χ0) is 52.3. The molecule has 4 aliphatic carbocycles. The molecule has 370 valence electrons. The molecule has 0 radical (unpaired) electrons. The second-order valence-electron chi connectivity index (χ2n) is 25.3. The Hall–Kier alpha value is -8.00. The van der Waals surface area contributed by atoms with Gasteiger partial charge in [0.1, 0.15) is 0 Å². The van der Waals surface area contributed by atoms with E-state index in [1.54, 1.807) is 0 Å². The molecule has 0 N–H and O–H groups in total. The minimum absolute atomic E-state index is 0.000248. The van der Waals surface area contributed by atoms with Gasteiger partial charge in [0.25, 0.3) is 0 Å². The number of rotatable bonds is 5. The Balaban J connectivity index is 0.966. The van der Waals surface area contributed by atoms with Crippen LogP contribution in [0.4, 0.5) is 17.1 Å². The number of nitrogens with zero attached hydrogens (tertiary/aromatic N) is 1. The van der Waals surface area contributed by atoms with Crippen LogP contribution in [0.1, 0.15) is 125 Å². The van der Waals surface area contributed by atoms with E-state index in [0.29, 0.717) is 0 Å². The minimum Gasteiger partial charge on any atom is -0.310 e. The molecule has 0 saturated heterocycles. The van der Waals surface area contributed by atoms with Gasteiger partial charge in [-0.15, -0.1) is 0 Å². The predicted octanol–water partition coefficient (Wildman–Crippen LogP) is 20.0. The predicted molar refractivity (Wildman–Crippen MR) is 321 cm³/mol. The normalized spacial score (nSPS) is 15.3. The second-order valence-corrected chi connectivity index (χ2v) is 25.3. The summed E-state index contributed by atoms with van der Waals surface area (Å²) in [6, 6.07) is 81.9. The van der Waals surface area contributed by atoms with Crippen molar-refractivity contribution in [3.05, 3.63) is 268 Å². The van der Waals surface area contributed by atoms with Crippen LogP contribution in [0, 0.1) is 0 Å². The first kappa shape index (κ1) is 46.5. The maximum Gasteiger partial charge on any atom is 0.0726 e. The lowest BCUT2D eigenvalue weighted by Gasteiger charge is -2.33. The highest BCUT2D eigenvalue weighted by Gasteiger charge is 2.52. The van der Waals surface area contributed by atoms with E-state index in [1.165, 1.54) is 122 Å². The fourth-order valence-electron chi connectivity index (χ4n) is 14.4. The largest absolute Gasteiger partial charge is 0.310 e. The molecule has 76 heavy (non-hydrogen) atoms. The molecule has 1 nitrogen and oxygen atoms in total. The first-order valence-electron chi connectivity index (χ1n) is 27.5. The first-order chi connectivity index (χ1) is 36.5. The third kappa shape index (κ3) is 6.45. The molecule has 0 aromatic heterocycles. The lowest BCUT2D eigenvalue weighted by atomic mass is 9.70. The lowest BCUT2D eigenvalue weighted by molar-refractivity contribution is 0.589. The van der Waals surface area contributed by atoms with Crippen molar-refractivity contribution in [2.75, 3.05) is 4.90 Å². The average molecular weight is 980 g/mol. The summed E-state index contributed by atoms with van der Waals surface area (Å²) in [6.07, 6.45) is 0. The van der Waals surface area contributed by atoms with Crippen LogP contribution in [0.15, 0.2) is 212 Å². The van der Waals surface area contributed by atoms with Crippen LogP contribution >= 0.6 is 0 Å². The van der Waals surface area contributed by atoms with Crippen LogP contribution in [0.25, 0.3) is 66.8 Å². The Kier molecular flexibility index (Phi) is 9.80. The molecular formula is C75H65N. The van der Waals surface area contributed by atoms with Crippen LogP contribution in [0.2, 0.25) is 0 Å². The molecule has 1 spiro atoms. The number of benzene rings is 10. The van der Waals surface area contributed by atoms with Crippen LogP contribution in [-0.4, -0.2) is 0 Å². The van der Waals surface area contributed by atoms with Gasteiger partial charge in [0.05, 0.1) is 5.41 Å². The van der Waals surface area contributed by atoms with Gasteiger partial charge in [-0.2, -0.15) is 0 Å². The van der Waals surface area contributed by atoms with E-state index in [-0.39, 0.29) is 21.7 Å². The Bertz CT molecular complexity index is 4000. The Morgan fingerprint density at radius 1 is 0.276 bits per heavy atom. The summed E-state index contributed by atoms with van der Waals surface area (Å²) in [7, 11) is 0. The summed E-state index contributed by atoms with van der Waals surface area (Å²) >= 11 is 0. The fraction of sp³-hybridized carbons (Fsp3) is 0.200. The van der Waals surface area contributed by atoms with Crippen molar-refractivity contribution >= 4 is 17.1 Å². The van der Waals surface area contributed by atoms with Crippen LogP contribution in [0.3, 0.4) is 0 Å². The van der Waals surface area contributed by atoms with Crippen molar-refractivity contribution in [1.29, 1.82) is 0 Å². The summed E-state index contributed by atoms with van der Waals surface area (Å²) in [5, 5.41) is 0. The standard InChI is InChI=1S/C75H65N/c1-71(2,3)47-32-40-66-61(42-47)62-43-48(72(4,5)6)33-41-67(62)75(66)65-29-18-15-23-55(65)58-39-37-51(45-69(58)75)76(50-36-38-57-54-22-13-16-27-63(54)73(7,8)68(57)44-50)49-34-30-46(31-35-49)52-20-11-12-21-53(52)59-25-19-26-60-56-24-14-17-28-64(56)74(9,10)70(59)60/h11-45H,1-10H3. The highest BCUT2D eigenvalue weighted by molar-refractivity contribution is 5.98. The van der Waals surface area contributed by atoms with Crippen molar-refractivity contribution in [2.24, 2.45) is 0 Å². The maximum absolute atomic E-state index is 2.55. The fourth-order valence-corrected chi connectivity index (χ4v) is 14.4. The third-order valence-electron chi connectivity index (χ3n) is 18.2. The number of hydrogen-bond donors (Lipinski definition) is 0. The summed E-state index contributed by atoms with van der Waals surface area (Å²) < 4.78 is 0. The monoisotopic (exact) mass is 980 g/mol. The van der Waals surface area contributed by atoms with Crippen LogP contribution in [0.5, 0.6) is 0 Å². The highest BCUT2D eigenvalue weighted by Crippen LogP contribution is 2.64. The number of fused-ring (bicyclic) bond motifs is 16. The Labute approximate surface area is 450 Å². The molecule has 10 aromatic carbocycles. The van der Waals surface area contributed by atoms with Crippen molar-refractivity contribution in [3.63, 3.8) is 0 Å². The van der Waals surface area contributed by atoms with Gasteiger partial charge in [0, 0.05) is 27.9 Å². The molecular weight excluding hydrogens is 915 g/mol. The zero-order valence-electron chi connectivity index (χ0n) is 45.7. The molecule has 0 atom stereocenters. The molecule has 10 aromatic rings. The first-order valence-corrected chi connectivity index (χ1v) is 27.5. The minimum atomic E-state index is -0.506. The van der Waals surface area contributed by atoms with Gasteiger partial charge < -0.3 is 4.90 Å². The molecule has 0 heterocycles. The summed E-state index contributed by atoms with van der Waals surface area (Å²) in [5.74, 6) is 0. The quantitative estimate of drug-likeness (QED) is 0.166.